The maximum Gasteiger partial charge on any atom is 0.0603 e. The van der Waals surface area contributed by atoms with E-state index < -0.39 is 0 Å². The highest BCUT2D eigenvalue weighted by molar-refractivity contribution is 9.10. The first-order valence-electron chi connectivity index (χ1n) is 5.74. The van der Waals surface area contributed by atoms with Gasteiger partial charge in [-0.15, -0.1) is 11.3 Å². The first kappa shape index (κ1) is 14.1. The van der Waals surface area contributed by atoms with Crippen LogP contribution in [0.5, 0.6) is 0 Å². The molecule has 1 aromatic carbocycles. The number of hydrogen-bond donors (Lipinski definition) is 0. The van der Waals surface area contributed by atoms with Gasteiger partial charge in [0.05, 0.1) is 6.04 Å². The molecular formula is C14H15Br2NS. The minimum Gasteiger partial charge on any atom is -0.367 e. The molecule has 0 aliphatic carbocycles. The molecule has 2 aromatic rings. The third kappa shape index (κ3) is 2.98. The summed E-state index contributed by atoms with van der Waals surface area (Å²) in [6.07, 6.45) is 0. The van der Waals surface area contributed by atoms with Crippen molar-refractivity contribution in [3.05, 3.63) is 50.6 Å². The second-order valence-electron chi connectivity index (χ2n) is 4.21. The van der Waals surface area contributed by atoms with Crippen LogP contribution in [0.15, 0.2) is 40.2 Å². The lowest BCUT2D eigenvalue weighted by atomic mass is 10.1. The van der Waals surface area contributed by atoms with E-state index in [1.807, 2.05) is 11.3 Å². The van der Waals surface area contributed by atoms with Gasteiger partial charge in [0.25, 0.3) is 0 Å². The number of benzene rings is 1. The molecule has 1 nitrogen and oxygen atoms in total. The molecule has 1 unspecified atom stereocenters. The van der Waals surface area contributed by atoms with Gasteiger partial charge in [-0.3, -0.25) is 0 Å². The molecule has 0 saturated heterocycles. The van der Waals surface area contributed by atoms with Gasteiger partial charge in [0.2, 0.25) is 0 Å². The first-order valence-corrected chi connectivity index (χ1v) is 8.53. The fourth-order valence-corrected chi connectivity index (χ4v) is 3.62. The number of anilines is 1. The molecule has 1 atom stereocenters. The molecule has 18 heavy (non-hydrogen) atoms. The van der Waals surface area contributed by atoms with E-state index in [9.17, 15) is 0 Å². The van der Waals surface area contributed by atoms with E-state index in [1.165, 1.54) is 16.1 Å². The van der Waals surface area contributed by atoms with E-state index in [1.54, 1.807) is 0 Å². The van der Waals surface area contributed by atoms with Crippen molar-refractivity contribution in [1.29, 1.82) is 0 Å². The minimum absolute atomic E-state index is 0.393. The van der Waals surface area contributed by atoms with E-state index in [0.717, 1.165) is 9.80 Å². The van der Waals surface area contributed by atoms with E-state index in [0.29, 0.717) is 6.04 Å². The molecule has 0 amide bonds. The summed E-state index contributed by atoms with van der Waals surface area (Å²) in [5.74, 6) is 0. The van der Waals surface area contributed by atoms with Gasteiger partial charge < -0.3 is 4.90 Å². The predicted molar refractivity (Wildman–Crippen MR) is 87.9 cm³/mol. The van der Waals surface area contributed by atoms with Crippen molar-refractivity contribution >= 4 is 48.9 Å². The van der Waals surface area contributed by atoms with Crippen molar-refractivity contribution in [2.75, 3.05) is 11.9 Å². The summed E-state index contributed by atoms with van der Waals surface area (Å²) < 4.78 is 1.12. The Morgan fingerprint density at radius 2 is 2.11 bits per heavy atom. The zero-order valence-corrected chi connectivity index (χ0v) is 14.3. The molecule has 0 N–H and O–H groups in total. The molecule has 1 aromatic heterocycles. The van der Waals surface area contributed by atoms with Crippen LogP contribution in [0.4, 0.5) is 5.69 Å². The summed E-state index contributed by atoms with van der Waals surface area (Å²) in [7, 11) is 2.15. The van der Waals surface area contributed by atoms with Crippen molar-refractivity contribution < 1.29 is 0 Å². The Morgan fingerprint density at radius 3 is 2.72 bits per heavy atom. The molecule has 0 aliphatic heterocycles. The third-order valence-electron chi connectivity index (χ3n) is 3.10. The average molecular weight is 389 g/mol. The molecule has 0 saturated carbocycles. The van der Waals surface area contributed by atoms with Gasteiger partial charge in [-0.1, -0.05) is 37.9 Å². The van der Waals surface area contributed by atoms with Crippen LogP contribution in [0.2, 0.25) is 0 Å². The van der Waals surface area contributed by atoms with E-state index in [4.69, 9.17) is 0 Å². The quantitative estimate of drug-likeness (QED) is 0.616. The van der Waals surface area contributed by atoms with Crippen LogP contribution in [-0.4, -0.2) is 7.05 Å². The lowest BCUT2D eigenvalue weighted by molar-refractivity contribution is 0.751. The predicted octanol–water partition coefficient (Wildman–Crippen LogP) is 5.60. The molecule has 1 heterocycles. The number of halogens is 2. The standard InChI is InChI=1S/C14H15Br2NS/c1-10(14-4-3-7-18-14)17(2)13-6-5-12(16)8-11(13)9-15/h3-8,10H,9H2,1-2H3. The number of hydrogen-bond acceptors (Lipinski definition) is 2. The number of rotatable bonds is 4. The topological polar surface area (TPSA) is 3.24 Å². The SMILES string of the molecule is CC(c1cccs1)N(C)c1ccc(Br)cc1CBr. The monoisotopic (exact) mass is 387 g/mol. The van der Waals surface area contributed by atoms with Crippen LogP contribution in [0.3, 0.4) is 0 Å². The molecule has 0 radical (unpaired) electrons. The molecule has 2 rings (SSSR count). The van der Waals surface area contributed by atoms with Gasteiger partial charge in [0, 0.05) is 27.4 Å². The van der Waals surface area contributed by atoms with Gasteiger partial charge in [0.1, 0.15) is 0 Å². The highest BCUT2D eigenvalue weighted by Crippen LogP contribution is 2.32. The molecular weight excluding hydrogens is 374 g/mol. The lowest BCUT2D eigenvalue weighted by Gasteiger charge is -2.28. The summed E-state index contributed by atoms with van der Waals surface area (Å²) in [5.41, 5.74) is 2.58. The molecule has 96 valence electrons. The van der Waals surface area contributed by atoms with Crippen molar-refractivity contribution in [3.63, 3.8) is 0 Å². The van der Waals surface area contributed by atoms with Gasteiger partial charge in [0.15, 0.2) is 0 Å². The summed E-state index contributed by atoms with van der Waals surface area (Å²) in [6, 6.07) is 11.1. The fourth-order valence-electron chi connectivity index (χ4n) is 1.93. The molecule has 0 bridgehead atoms. The maximum atomic E-state index is 3.56. The molecule has 0 aliphatic rings. The van der Waals surface area contributed by atoms with Crippen LogP contribution in [0.25, 0.3) is 0 Å². The van der Waals surface area contributed by atoms with E-state index in [2.05, 4.69) is 86.4 Å². The Balaban J connectivity index is 2.31. The Kier molecular flexibility index (Phi) is 4.87. The van der Waals surface area contributed by atoms with Crippen LogP contribution < -0.4 is 4.90 Å². The Morgan fingerprint density at radius 1 is 1.33 bits per heavy atom. The van der Waals surface area contributed by atoms with Crippen molar-refractivity contribution in [1.82, 2.24) is 0 Å². The van der Waals surface area contributed by atoms with Crippen LogP contribution in [-0.2, 0) is 5.33 Å². The first-order chi connectivity index (χ1) is 8.63. The highest BCUT2D eigenvalue weighted by atomic mass is 79.9. The molecule has 0 spiro atoms. The smallest absolute Gasteiger partial charge is 0.0603 e. The van der Waals surface area contributed by atoms with Crippen molar-refractivity contribution in [2.45, 2.75) is 18.3 Å². The van der Waals surface area contributed by atoms with Crippen LogP contribution in [0.1, 0.15) is 23.4 Å². The van der Waals surface area contributed by atoms with E-state index in [-0.39, 0.29) is 0 Å². The van der Waals surface area contributed by atoms with Gasteiger partial charge in [-0.05, 0) is 42.1 Å². The largest absolute Gasteiger partial charge is 0.367 e. The maximum absolute atomic E-state index is 3.56. The van der Waals surface area contributed by atoms with Crippen LogP contribution in [0, 0.1) is 0 Å². The van der Waals surface area contributed by atoms with Crippen LogP contribution >= 0.6 is 43.2 Å². The summed E-state index contributed by atoms with van der Waals surface area (Å²) in [4.78, 5) is 3.72. The molecule has 0 fully saturated rings. The summed E-state index contributed by atoms with van der Waals surface area (Å²) >= 11 is 8.90. The summed E-state index contributed by atoms with van der Waals surface area (Å²) in [6.45, 7) is 2.24. The second kappa shape index (κ2) is 6.22. The zero-order chi connectivity index (χ0) is 13.1. The average Bonchev–Trinajstić information content (AvgIpc) is 2.90. The highest BCUT2D eigenvalue weighted by Gasteiger charge is 2.15. The van der Waals surface area contributed by atoms with Gasteiger partial charge in [-0.25, -0.2) is 0 Å². The Labute approximate surface area is 129 Å². The fraction of sp³-hybridized carbons (Fsp3) is 0.286. The molecule has 4 heteroatoms. The zero-order valence-electron chi connectivity index (χ0n) is 10.4. The normalized spacial score (nSPS) is 12.4. The number of alkyl halides is 1. The number of thiophene rings is 1. The van der Waals surface area contributed by atoms with Crippen molar-refractivity contribution in [2.24, 2.45) is 0 Å². The Hall–Kier alpha value is -0.320. The second-order valence-corrected chi connectivity index (χ2v) is 6.66. The van der Waals surface area contributed by atoms with Gasteiger partial charge in [-0.2, -0.15) is 0 Å². The number of nitrogens with zero attached hydrogens (tertiary/aromatic N) is 1. The summed E-state index contributed by atoms with van der Waals surface area (Å²) in [5, 5.41) is 3.00. The Bertz CT molecular complexity index is 511. The van der Waals surface area contributed by atoms with Gasteiger partial charge >= 0.3 is 0 Å². The third-order valence-corrected chi connectivity index (χ3v) is 5.24. The minimum atomic E-state index is 0.393. The van der Waals surface area contributed by atoms with Crippen molar-refractivity contribution in [3.8, 4) is 0 Å². The van der Waals surface area contributed by atoms with E-state index >= 15 is 0 Å². The lowest BCUT2D eigenvalue weighted by Crippen LogP contribution is -2.21.